The van der Waals surface area contributed by atoms with Crippen LogP contribution in [0.15, 0.2) is 49.2 Å². The Kier molecular flexibility index (Phi) is 5.34. The van der Waals surface area contributed by atoms with Crippen molar-refractivity contribution in [2.45, 2.75) is 19.3 Å². The average molecular weight is 230 g/mol. The van der Waals surface area contributed by atoms with E-state index in [9.17, 15) is 0 Å². The van der Waals surface area contributed by atoms with Crippen molar-refractivity contribution in [3.8, 4) is 0 Å². The minimum Gasteiger partial charge on any atom is -0.403 e. The minimum absolute atomic E-state index is 0.773. The van der Waals surface area contributed by atoms with E-state index in [1.807, 2.05) is 18.2 Å². The standard InChI is InChI=1S/C15H22N2/c1-13(16)9-7-8-12-17(3)14(2)15-10-5-4-6-11-15/h4-6,10-11H,1-2,7-9,12,16H2,3H3. The van der Waals surface area contributed by atoms with Crippen LogP contribution in [0.5, 0.6) is 0 Å². The van der Waals surface area contributed by atoms with Gasteiger partial charge in [0.1, 0.15) is 0 Å². The lowest BCUT2D eigenvalue weighted by Crippen LogP contribution is -2.17. The summed E-state index contributed by atoms with van der Waals surface area (Å²) >= 11 is 0. The molecule has 0 bridgehead atoms. The monoisotopic (exact) mass is 230 g/mol. The van der Waals surface area contributed by atoms with Crippen LogP contribution in [0.3, 0.4) is 0 Å². The Morgan fingerprint density at radius 1 is 1.18 bits per heavy atom. The third-order valence-electron chi connectivity index (χ3n) is 2.81. The molecule has 0 aliphatic rings. The molecule has 0 aromatic heterocycles. The van der Waals surface area contributed by atoms with Crippen LogP contribution in [0.1, 0.15) is 24.8 Å². The second kappa shape index (κ2) is 6.79. The largest absolute Gasteiger partial charge is 0.403 e. The van der Waals surface area contributed by atoms with E-state index in [1.54, 1.807) is 0 Å². The van der Waals surface area contributed by atoms with Gasteiger partial charge in [-0.3, -0.25) is 0 Å². The van der Waals surface area contributed by atoms with Crippen LogP contribution < -0.4 is 5.73 Å². The Balaban J connectivity index is 2.35. The van der Waals surface area contributed by atoms with E-state index >= 15 is 0 Å². The van der Waals surface area contributed by atoms with Crippen LogP contribution in [0.2, 0.25) is 0 Å². The zero-order chi connectivity index (χ0) is 12.7. The van der Waals surface area contributed by atoms with Gasteiger partial charge in [-0.2, -0.15) is 0 Å². The molecule has 92 valence electrons. The van der Waals surface area contributed by atoms with Crippen LogP contribution in [0.25, 0.3) is 5.70 Å². The smallest absolute Gasteiger partial charge is 0.0364 e. The third kappa shape index (κ3) is 4.77. The van der Waals surface area contributed by atoms with Crippen LogP contribution >= 0.6 is 0 Å². The summed E-state index contributed by atoms with van der Waals surface area (Å²) in [6, 6.07) is 10.3. The average Bonchev–Trinajstić information content (AvgIpc) is 2.34. The summed E-state index contributed by atoms with van der Waals surface area (Å²) in [6.07, 6.45) is 3.10. The van der Waals surface area contributed by atoms with Crippen molar-refractivity contribution in [1.82, 2.24) is 4.90 Å². The van der Waals surface area contributed by atoms with Gasteiger partial charge in [0.05, 0.1) is 0 Å². The molecular formula is C15H22N2. The SMILES string of the molecule is C=C(N)CCCCN(C)C(=C)c1ccccc1. The molecule has 0 saturated carbocycles. The molecule has 0 amide bonds. The maximum Gasteiger partial charge on any atom is 0.0364 e. The van der Waals surface area contributed by atoms with Gasteiger partial charge in [-0.15, -0.1) is 0 Å². The molecule has 0 radical (unpaired) electrons. The van der Waals surface area contributed by atoms with Crippen molar-refractivity contribution < 1.29 is 0 Å². The molecule has 0 aliphatic heterocycles. The molecule has 1 aromatic rings. The Bertz CT molecular complexity index is 368. The van der Waals surface area contributed by atoms with Crippen LogP contribution in [0.4, 0.5) is 0 Å². The second-order valence-electron chi connectivity index (χ2n) is 4.35. The fourth-order valence-corrected chi connectivity index (χ4v) is 1.69. The second-order valence-corrected chi connectivity index (χ2v) is 4.35. The van der Waals surface area contributed by atoms with Crippen molar-refractivity contribution in [2.75, 3.05) is 13.6 Å². The normalized spacial score (nSPS) is 9.94. The first kappa shape index (κ1) is 13.4. The van der Waals surface area contributed by atoms with Crippen molar-refractivity contribution in [2.24, 2.45) is 5.73 Å². The van der Waals surface area contributed by atoms with Gasteiger partial charge >= 0.3 is 0 Å². The highest BCUT2D eigenvalue weighted by Crippen LogP contribution is 2.15. The molecule has 1 rings (SSSR count). The number of hydrogen-bond acceptors (Lipinski definition) is 2. The van der Waals surface area contributed by atoms with Gasteiger partial charge in [0.2, 0.25) is 0 Å². The molecule has 0 saturated heterocycles. The predicted octanol–water partition coefficient (Wildman–Crippen LogP) is 3.23. The zero-order valence-electron chi connectivity index (χ0n) is 10.7. The number of hydrogen-bond donors (Lipinski definition) is 1. The zero-order valence-corrected chi connectivity index (χ0v) is 10.7. The van der Waals surface area contributed by atoms with Crippen LogP contribution in [0, 0.1) is 0 Å². The lowest BCUT2D eigenvalue weighted by Gasteiger charge is -2.21. The van der Waals surface area contributed by atoms with Gasteiger partial charge in [-0.25, -0.2) is 0 Å². The quantitative estimate of drug-likeness (QED) is 0.729. The molecule has 0 aliphatic carbocycles. The highest BCUT2D eigenvalue weighted by Gasteiger charge is 2.03. The number of benzene rings is 1. The van der Waals surface area contributed by atoms with E-state index in [2.05, 4.69) is 37.2 Å². The van der Waals surface area contributed by atoms with Gasteiger partial charge in [-0.05, 0) is 24.8 Å². The summed E-state index contributed by atoms with van der Waals surface area (Å²) in [7, 11) is 2.08. The first-order chi connectivity index (χ1) is 8.11. The topological polar surface area (TPSA) is 29.3 Å². The summed E-state index contributed by atoms with van der Waals surface area (Å²) in [5.41, 5.74) is 8.55. The highest BCUT2D eigenvalue weighted by atomic mass is 15.1. The Morgan fingerprint density at radius 3 is 2.41 bits per heavy atom. The number of nitrogens with two attached hydrogens (primary N) is 1. The number of rotatable bonds is 7. The molecular weight excluding hydrogens is 208 g/mol. The first-order valence-corrected chi connectivity index (χ1v) is 6.00. The van der Waals surface area contributed by atoms with E-state index < -0.39 is 0 Å². The highest BCUT2D eigenvalue weighted by molar-refractivity contribution is 5.61. The minimum atomic E-state index is 0.773. The van der Waals surface area contributed by atoms with E-state index in [4.69, 9.17) is 5.73 Å². The van der Waals surface area contributed by atoms with E-state index in [-0.39, 0.29) is 0 Å². The fourth-order valence-electron chi connectivity index (χ4n) is 1.69. The summed E-state index contributed by atoms with van der Waals surface area (Å²) in [4.78, 5) is 2.19. The van der Waals surface area contributed by atoms with Gasteiger partial charge in [0, 0.05) is 25.0 Å². The summed E-state index contributed by atoms with van der Waals surface area (Å²) in [5.74, 6) is 0. The van der Waals surface area contributed by atoms with Crippen LogP contribution in [-0.4, -0.2) is 18.5 Å². The summed E-state index contributed by atoms with van der Waals surface area (Å²) < 4.78 is 0. The van der Waals surface area contributed by atoms with Crippen molar-refractivity contribution >= 4 is 5.70 Å². The molecule has 2 nitrogen and oxygen atoms in total. The molecule has 0 unspecified atom stereocenters. The van der Waals surface area contributed by atoms with Gasteiger partial charge in [0.25, 0.3) is 0 Å². The van der Waals surface area contributed by atoms with Crippen molar-refractivity contribution in [1.29, 1.82) is 0 Å². The summed E-state index contributed by atoms with van der Waals surface area (Å²) in [5, 5.41) is 0. The molecule has 2 heteroatoms. The molecule has 2 N–H and O–H groups in total. The maximum atomic E-state index is 5.53. The summed E-state index contributed by atoms with van der Waals surface area (Å²) in [6.45, 7) is 8.82. The molecule has 0 fully saturated rings. The maximum absolute atomic E-state index is 5.53. The van der Waals surface area contributed by atoms with E-state index in [0.717, 1.165) is 37.2 Å². The third-order valence-corrected chi connectivity index (χ3v) is 2.81. The van der Waals surface area contributed by atoms with Gasteiger partial charge in [-0.1, -0.05) is 43.5 Å². The fraction of sp³-hybridized carbons (Fsp3) is 0.333. The number of unbranched alkanes of at least 4 members (excludes halogenated alkanes) is 1. The molecule has 0 atom stereocenters. The van der Waals surface area contributed by atoms with Gasteiger partial charge < -0.3 is 10.6 Å². The molecule has 17 heavy (non-hydrogen) atoms. The molecule has 0 spiro atoms. The van der Waals surface area contributed by atoms with Crippen molar-refractivity contribution in [3.63, 3.8) is 0 Å². The number of nitrogens with zero attached hydrogens (tertiary/aromatic N) is 1. The molecule has 0 heterocycles. The first-order valence-electron chi connectivity index (χ1n) is 6.00. The Hall–Kier alpha value is -1.70. The Morgan fingerprint density at radius 2 is 1.82 bits per heavy atom. The van der Waals surface area contributed by atoms with Crippen molar-refractivity contribution in [3.05, 3.63) is 54.8 Å². The number of allylic oxidation sites excluding steroid dienone is 1. The Labute approximate surface area is 104 Å². The molecule has 1 aromatic carbocycles. The lowest BCUT2D eigenvalue weighted by atomic mass is 10.1. The van der Waals surface area contributed by atoms with E-state index in [1.165, 1.54) is 5.56 Å². The lowest BCUT2D eigenvalue weighted by molar-refractivity contribution is 0.457. The predicted molar refractivity (Wildman–Crippen MR) is 75.3 cm³/mol. The van der Waals surface area contributed by atoms with Crippen LogP contribution in [-0.2, 0) is 0 Å². The van der Waals surface area contributed by atoms with E-state index in [0.29, 0.717) is 0 Å². The van der Waals surface area contributed by atoms with Gasteiger partial charge in [0.15, 0.2) is 0 Å².